The zero-order chi connectivity index (χ0) is 22.1. The van der Waals surface area contributed by atoms with Gasteiger partial charge in [0.05, 0.1) is 17.3 Å². The van der Waals surface area contributed by atoms with Gasteiger partial charge in [-0.2, -0.15) is 0 Å². The van der Waals surface area contributed by atoms with Gasteiger partial charge in [-0.1, -0.05) is 36.4 Å². The van der Waals surface area contributed by atoms with Crippen LogP contribution in [0.5, 0.6) is 0 Å². The van der Waals surface area contributed by atoms with Gasteiger partial charge in [0.2, 0.25) is 5.91 Å². The monoisotopic (exact) mass is 424 g/mol. The third-order valence-corrected chi connectivity index (χ3v) is 6.19. The van der Waals surface area contributed by atoms with Crippen LogP contribution in [-0.4, -0.2) is 46.8 Å². The Labute approximate surface area is 187 Å². The summed E-state index contributed by atoms with van der Waals surface area (Å²) in [6.45, 7) is 0.994. The van der Waals surface area contributed by atoms with Crippen LogP contribution in [-0.2, 0) is 11.2 Å². The van der Waals surface area contributed by atoms with Crippen molar-refractivity contribution in [3.05, 3.63) is 83.3 Å². The minimum atomic E-state index is -0.154. The molecule has 6 heteroatoms. The van der Waals surface area contributed by atoms with Gasteiger partial charge in [-0.15, -0.1) is 0 Å². The summed E-state index contributed by atoms with van der Waals surface area (Å²) in [4.78, 5) is 35.9. The lowest BCUT2D eigenvalue weighted by Crippen LogP contribution is -2.33. The molecule has 3 heterocycles. The van der Waals surface area contributed by atoms with Crippen LogP contribution in [0.1, 0.15) is 33.7 Å². The molecular formula is C26H24N4O2. The molecule has 160 valence electrons. The van der Waals surface area contributed by atoms with Crippen molar-refractivity contribution >= 4 is 23.5 Å². The number of aromatic nitrogens is 2. The van der Waals surface area contributed by atoms with E-state index in [0.29, 0.717) is 25.2 Å². The zero-order valence-electron chi connectivity index (χ0n) is 17.9. The zero-order valence-corrected chi connectivity index (χ0v) is 17.9. The first-order valence-electron chi connectivity index (χ1n) is 10.9. The Bertz CT molecular complexity index is 1220. The van der Waals surface area contributed by atoms with Crippen LogP contribution in [0, 0.1) is 5.92 Å². The summed E-state index contributed by atoms with van der Waals surface area (Å²) >= 11 is 0. The topological polar surface area (TPSA) is 75.2 Å². The van der Waals surface area contributed by atoms with E-state index >= 15 is 0 Å². The third-order valence-electron chi connectivity index (χ3n) is 6.19. The second-order valence-electron chi connectivity index (χ2n) is 8.23. The number of benzene rings is 1. The Hall–Kier alpha value is -3.80. The molecule has 1 fully saturated rings. The van der Waals surface area contributed by atoms with Gasteiger partial charge in [0.1, 0.15) is 5.69 Å². The van der Waals surface area contributed by atoms with Crippen molar-refractivity contribution < 1.29 is 9.59 Å². The van der Waals surface area contributed by atoms with E-state index in [0.717, 1.165) is 28.9 Å². The number of likely N-dealkylation sites (tertiary alicyclic amines) is 1. The van der Waals surface area contributed by atoms with Crippen LogP contribution < -0.4 is 5.32 Å². The number of fused-ring (bicyclic) bond motifs is 1. The highest BCUT2D eigenvalue weighted by Crippen LogP contribution is 2.32. The van der Waals surface area contributed by atoms with Crippen LogP contribution in [0.3, 0.4) is 0 Å². The first-order valence-corrected chi connectivity index (χ1v) is 10.9. The maximum Gasteiger partial charge on any atom is 0.272 e. The SMILES string of the molecule is CNC(=O)C1CCN(C(=O)c2cccc(-c3cnc4c(c3)C=C(c3ccccc3)C4)n2)C1. The van der Waals surface area contributed by atoms with E-state index in [4.69, 9.17) is 0 Å². The fraction of sp³-hybridized carbons (Fsp3) is 0.231. The third kappa shape index (κ3) is 3.80. The predicted octanol–water partition coefficient (Wildman–Crippen LogP) is 3.45. The van der Waals surface area contributed by atoms with E-state index in [9.17, 15) is 9.59 Å². The van der Waals surface area contributed by atoms with Gasteiger partial charge in [0.15, 0.2) is 0 Å². The Kier molecular flexibility index (Phi) is 5.27. The first kappa shape index (κ1) is 20.1. The van der Waals surface area contributed by atoms with Gasteiger partial charge in [-0.05, 0) is 47.4 Å². The maximum absolute atomic E-state index is 13.0. The van der Waals surface area contributed by atoms with Crippen molar-refractivity contribution in [3.8, 4) is 11.3 Å². The molecule has 2 amide bonds. The second kappa shape index (κ2) is 8.38. The normalized spacial score (nSPS) is 17.1. The second-order valence-corrected chi connectivity index (χ2v) is 8.23. The molecule has 1 unspecified atom stereocenters. The average molecular weight is 425 g/mol. The molecule has 0 bridgehead atoms. The quantitative estimate of drug-likeness (QED) is 0.696. The summed E-state index contributed by atoms with van der Waals surface area (Å²) in [7, 11) is 1.63. The molecule has 2 aromatic heterocycles. The molecule has 0 radical (unpaired) electrons. The standard InChI is InChI=1S/C26H24N4O2/c1-27-25(31)18-10-11-30(16-18)26(32)23-9-5-8-22(29-23)21-13-20-12-19(14-24(20)28-15-21)17-6-3-2-4-7-17/h2-9,12-13,15,18H,10-11,14,16H2,1H3,(H,27,31). The summed E-state index contributed by atoms with van der Waals surface area (Å²) in [5, 5.41) is 2.67. The lowest BCUT2D eigenvalue weighted by Gasteiger charge is -2.16. The van der Waals surface area contributed by atoms with Crippen molar-refractivity contribution in [2.75, 3.05) is 20.1 Å². The van der Waals surface area contributed by atoms with Crippen molar-refractivity contribution in [2.24, 2.45) is 5.92 Å². The number of nitrogens with one attached hydrogen (secondary N) is 1. The molecule has 5 rings (SSSR count). The van der Waals surface area contributed by atoms with Gasteiger partial charge in [-0.25, -0.2) is 4.98 Å². The summed E-state index contributed by atoms with van der Waals surface area (Å²) in [5.74, 6) is -0.313. The number of rotatable bonds is 4. The van der Waals surface area contributed by atoms with Crippen molar-refractivity contribution in [2.45, 2.75) is 12.8 Å². The van der Waals surface area contributed by atoms with E-state index in [1.54, 1.807) is 18.0 Å². The number of nitrogens with zero attached hydrogens (tertiary/aromatic N) is 3. The fourth-order valence-corrected chi connectivity index (χ4v) is 4.42. The van der Waals surface area contributed by atoms with Crippen LogP contribution in [0.15, 0.2) is 60.8 Å². The molecule has 1 aliphatic carbocycles. The number of carbonyl (C=O) groups is 2. The molecule has 1 N–H and O–H groups in total. The van der Waals surface area contributed by atoms with Crippen molar-refractivity contribution in [3.63, 3.8) is 0 Å². The predicted molar refractivity (Wildman–Crippen MR) is 124 cm³/mol. The van der Waals surface area contributed by atoms with Crippen LogP contribution in [0.2, 0.25) is 0 Å². The molecule has 3 aromatic rings. The molecule has 6 nitrogen and oxygen atoms in total. The number of carbonyl (C=O) groups excluding carboxylic acids is 2. The fourth-order valence-electron chi connectivity index (χ4n) is 4.42. The molecule has 0 spiro atoms. The van der Waals surface area contributed by atoms with Gasteiger partial charge in [0.25, 0.3) is 5.91 Å². The van der Waals surface area contributed by atoms with Crippen LogP contribution >= 0.6 is 0 Å². The maximum atomic E-state index is 13.0. The lowest BCUT2D eigenvalue weighted by atomic mass is 10.1. The number of hydrogen-bond acceptors (Lipinski definition) is 4. The molecule has 1 atom stereocenters. The smallest absolute Gasteiger partial charge is 0.272 e. The number of allylic oxidation sites excluding steroid dienone is 1. The highest BCUT2D eigenvalue weighted by Gasteiger charge is 2.31. The van der Waals surface area contributed by atoms with Gasteiger partial charge >= 0.3 is 0 Å². The summed E-state index contributed by atoms with van der Waals surface area (Å²) in [5.41, 5.74) is 6.59. The molecule has 2 aliphatic rings. The Balaban J connectivity index is 1.37. The van der Waals surface area contributed by atoms with E-state index < -0.39 is 0 Å². The van der Waals surface area contributed by atoms with Crippen LogP contribution in [0.25, 0.3) is 22.9 Å². The highest BCUT2D eigenvalue weighted by molar-refractivity contribution is 5.94. The number of hydrogen-bond donors (Lipinski definition) is 1. The molecule has 1 aliphatic heterocycles. The highest BCUT2D eigenvalue weighted by atomic mass is 16.2. The minimum absolute atomic E-state index is 0.0193. The summed E-state index contributed by atoms with van der Waals surface area (Å²) in [6, 6.07) is 17.9. The Morgan fingerprint density at radius 1 is 1.06 bits per heavy atom. The molecule has 0 saturated carbocycles. The van der Waals surface area contributed by atoms with Gasteiger partial charge in [-0.3, -0.25) is 14.6 Å². The van der Waals surface area contributed by atoms with Crippen molar-refractivity contribution in [1.82, 2.24) is 20.2 Å². The van der Waals surface area contributed by atoms with E-state index in [-0.39, 0.29) is 17.7 Å². The van der Waals surface area contributed by atoms with E-state index in [1.165, 1.54) is 11.1 Å². The van der Waals surface area contributed by atoms with Crippen LogP contribution in [0.4, 0.5) is 0 Å². The average Bonchev–Trinajstić information content (AvgIpc) is 3.51. The first-order chi connectivity index (χ1) is 15.6. The largest absolute Gasteiger partial charge is 0.359 e. The molecule has 1 aromatic carbocycles. The lowest BCUT2D eigenvalue weighted by molar-refractivity contribution is -0.124. The van der Waals surface area contributed by atoms with E-state index in [2.05, 4.69) is 39.6 Å². The summed E-state index contributed by atoms with van der Waals surface area (Å²) < 4.78 is 0. The Morgan fingerprint density at radius 3 is 2.72 bits per heavy atom. The van der Waals surface area contributed by atoms with Gasteiger partial charge < -0.3 is 10.2 Å². The minimum Gasteiger partial charge on any atom is -0.359 e. The molecule has 32 heavy (non-hydrogen) atoms. The number of amides is 2. The summed E-state index contributed by atoms with van der Waals surface area (Å²) in [6.07, 6.45) is 5.50. The molecular weight excluding hydrogens is 400 g/mol. The van der Waals surface area contributed by atoms with Crippen molar-refractivity contribution in [1.29, 1.82) is 0 Å². The van der Waals surface area contributed by atoms with Gasteiger partial charge in [0, 0.05) is 38.3 Å². The molecule has 1 saturated heterocycles. The van der Waals surface area contributed by atoms with E-state index in [1.807, 2.05) is 36.5 Å². The Morgan fingerprint density at radius 2 is 1.91 bits per heavy atom. The number of pyridine rings is 2.